The quantitative estimate of drug-likeness (QED) is 0.274. The molecule has 5 nitrogen and oxygen atoms in total. The summed E-state index contributed by atoms with van der Waals surface area (Å²) in [6, 6.07) is 30.6. The van der Waals surface area contributed by atoms with Crippen molar-refractivity contribution in [3.63, 3.8) is 0 Å². The minimum absolute atomic E-state index is 0.0424. The summed E-state index contributed by atoms with van der Waals surface area (Å²) in [6.45, 7) is 11.6. The molecule has 2 fully saturated rings. The van der Waals surface area contributed by atoms with Crippen LogP contribution in [0.15, 0.2) is 91.0 Å². The molecule has 3 aromatic rings. The van der Waals surface area contributed by atoms with Crippen LogP contribution >= 0.6 is 0 Å². The maximum absolute atomic E-state index is 12.7. The highest BCUT2D eigenvalue weighted by molar-refractivity contribution is 6.99. The van der Waals surface area contributed by atoms with E-state index in [1.165, 1.54) is 10.4 Å². The first kappa shape index (κ1) is 27.8. The van der Waals surface area contributed by atoms with Crippen molar-refractivity contribution in [1.82, 2.24) is 0 Å². The van der Waals surface area contributed by atoms with E-state index < -0.39 is 14.1 Å². The smallest absolute Gasteiger partial charge is 0.338 e. The summed E-state index contributed by atoms with van der Waals surface area (Å²) < 4.78 is 25.7. The second kappa shape index (κ2) is 11.0. The van der Waals surface area contributed by atoms with Crippen molar-refractivity contribution in [1.29, 1.82) is 0 Å². The number of esters is 1. The van der Waals surface area contributed by atoms with Crippen LogP contribution in [0.25, 0.3) is 0 Å². The third kappa shape index (κ3) is 5.61. The molecule has 39 heavy (non-hydrogen) atoms. The molecule has 0 aromatic heterocycles. The third-order valence-electron chi connectivity index (χ3n) is 8.15. The molecule has 0 spiro atoms. The fourth-order valence-corrected chi connectivity index (χ4v) is 11.0. The minimum atomic E-state index is -2.74. The van der Waals surface area contributed by atoms with Crippen molar-refractivity contribution in [2.75, 3.05) is 13.2 Å². The first-order chi connectivity index (χ1) is 18.6. The monoisotopic (exact) mass is 544 g/mol. The molecule has 1 saturated carbocycles. The van der Waals surface area contributed by atoms with Crippen molar-refractivity contribution in [2.24, 2.45) is 11.8 Å². The van der Waals surface area contributed by atoms with E-state index >= 15 is 0 Å². The van der Waals surface area contributed by atoms with E-state index in [1.54, 1.807) is 12.1 Å². The van der Waals surface area contributed by atoms with Crippen molar-refractivity contribution in [3.8, 4) is 0 Å². The summed E-state index contributed by atoms with van der Waals surface area (Å²) in [5, 5.41) is 2.38. The molecule has 5 rings (SSSR count). The standard InChI is InChI=1S/C33H40O5Si/c1-32(2,3)39(26-17-11-7-12-18-26,27-19-13-8-14-20-27)38-28-21-25(30(28)29-23-36-33(4,5)37-29)22-35-31(34)24-15-9-6-10-16-24/h6-20,25,28-30H,21-23H2,1-5H3/t25-,28+,29-,30-/m1/s1. The Bertz CT molecular complexity index is 1200. The van der Waals surface area contributed by atoms with E-state index in [0.29, 0.717) is 18.8 Å². The Morgan fingerprint density at radius 2 is 1.44 bits per heavy atom. The molecule has 0 bridgehead atoms. The van der Waals surface area contributed by atoms with Gasteiger partial charge in [-0.15, -0.1) is 0 Å². The van der Waals surface area contributed by atoms with Crippen LogP contribution in [0.3, 0.4) is 0 Å². The molecule has 206 valence electrons. The number of carbonyl (C=O) groups is 1. The molecule has 1 aliphatic carbocycles. The SMILES string of the molecule is CC1(C)OC[C@H]([C@@H]2[C@@H](COC(=O)c3ccccc3)C[C@@H]2O[Si](c2ccccc2)(c2ccccc2)C(C)(C)C)O1. The van der Waals surface area contributed by atoms with Crippen molar-refractivity contribution in [2.45, 2.75) is 64.1 Å². The topological polar surface area (TPSA) is 54.0 Å². The van der Waals surface area contributed by atoms with Gasteiger partial charge >= 0.3 is 5.97 Å². The summed E-state index contributed by atoms with van der Waals surface area (Å²) in [5.41, 5.74) is 0.565. The van der Waals surface area contributed by atoms with E-state index in [1.807, 2.05) is 32.0 Å². The van der Waals surface area contributed by atoms with Gasteiger partial charge in [0.2, 0.25) is 0 Å². The molecule has 4 atom stereocenters. The van der Waals surface area contributed by atoms with E-state index in [4.69, 9.17) is 18.6 Å². The third-order valence-corrected chi connectivity index (χ3v) is 13.2. The number of rotatable bonds is 8. The molecule has 2 aliphatic rings. The van der Waals surface area contributed by atoms with Gasteiger partial charge in [-0.1, -0.05) is 99.6 Å². The molecule has 1 aliphatic heterocycles. The van der Waals surface area contributed by atoms with Crippen LogP contribution in [-0.4, -0.2) is 45.5 Å². The van der Waals surface area contributed by atoms with Crippen LogP contribution in [0.5, 0.6) is 0 Å². The normalized spacial score (nSPS) is 24.6. The molecule has 1 saturated heterocycles. The molecular weight excluding hydrogens is 504 g/mol. The first-order valence-electron chi connectivity index (χ1n) is 13.9. The Kier molecular flexibility index (Phi) is 7.84. The summed E-state index contributed by atoms with van der Waals surface area (Å²) >= 11 is 0. The van der Waals surface area contributed by atoms with E-state index in [0.717, 1.165) is 6.42 Å². The number of hydrogen-bond donors (Lipinski definition) is 0. The zero-order valence-electron chi connectivity index (χ0n) is 23.6. The van der Waals surface area contributed by atoms with Gasteiger partial charge in [-0.25, -0.2) is 4.79 Å². The van der Waals surface area contributed by atoms with Crippen molar-refractivity contribution >= 4 is 24.7 Å². The second-order valence-corrected chi connectivity index (χ2v) is 16.5. The lowest BCUT2D eigenvalue weighted by Crippen LogP contribution is -2.70. The highest BCUT2D eigenvalue weighted by atomic mass is 28.4. The molecular formula is C33H40O5Si. The summed E-state index contributed by atoms with van der Waals surface area (Å²) in [5.74, 6) is -0.761. The molecule has 0 radical (unpaired) electrons. The first-order valence-corrected chi connectivity index (χ1v) is 15.8. The Hall–Kier alpha value is -2.77. The Morgan fingerprint density at radius 3 is 1.92 bits per heavy atom. The van der Waals surface area contributed by atoms with Crippen LogP contribution in [0.1, 0.15) is 51.4 Å². The average Bonchev–Trinajstić information content (AvgIpc) is 3.26. The van der Waals surface area contributed by atoms with Gasteiger partial charge in [-0.05, 0) is 47.8 Å². The predicted octanol–water partition coefficient (Wildman–Crippen LogP) is 5.58. The average molecular weight is 545 g/mol. The molecule has 0 unspecified atom stereocenters. The maximum Gasteiger partial charge on any atom is 0.338 e. The van der Waals surface area contributed by atoms with Gasteiger partial charge in [-0.3, -0.25) is 0 Å². The number of hydrogen-bond acceptors (Lipinski definition) is 5. The Balaban J connectivity index is 1.45. The number of benzene rings is 3. The van der Waals surface area contributed by atoms with Gasteiger partial charge in [-0.2, -0.15) is 0 Å². The lowest BCUT2D eigenvalue weighted by molar-refractivity contribution is -0.171. The van der Waals surface area contributed by atoms with E-state index in [2.05, 4.69) is 81.4 Å². The zero-order valence-corrected chi connectivity index (χ0v) is 24.6. The highest BCUT2D eigenvalue weighted by Gasteiger charge is 2.58. The Morgan fingerprint density at radius 1 is 0.897 bits per heavy atom. The van der Waals surface area contributed by atoms with E-state index in [9.17, 15) is 4.79 Å². The van der Waals surface area contributed by atoms with Crippen LogP contribution in [-0.2, 0) is 18.6 Å². The fraction of sp³-hybridized carbons (Fsp3) is 0.424. The van der Waals surface area contributed by atoms with Gasteiger partial charge in [0, 0.05) is 11.8 Å². The maximum atomic E-state index is 12.7. The molecule has 0 amide bonds. The van der Waals surface area contributed by atoms with Crippen LogP contribution in [0, 0.1) is 11.8 Å². The molecule has 6 heteroatoms. The van der Waals surface area contributed by atoms with Gasteiger partial charge in [0.05, 0.1) is 31.0 Å². The van der Waals surface area contributed by atoms with Crippen molar-refractivity contribution in [3.05, 3.63) is 96.6 Å². The fourth-order valence-electron chi connectivity index (χ4n) is 6.23. The lowest BCUT2D eigenvalue weighted by atomic mass is 9.68. The summed E-state index contributed by atoms with van der Waals surface area (Å²) in [6.07, 6.45) is 0.633. The summed E-state index contributed by atoms with van der Waals surface area (Å²) in [4.78, 5) is 12.7. The molecule has 3 aromatic carbocycles. The van der Waals surface area contributed by atoms with Gasteiger partial charge in [0.25, 0.3) is 8.32 Å². The van der Waals surface area contributed by atoms with Gasteiger partial charge in [0.1, 0.15) is 0 Å². The zero-order chi connectivity index (χ0) is 27.7. The van der Waals surface area contributed by atoms with Crippen molar-refractivity contribution < 1.29 is 23.4 Å². The lowest BCUT2D eigenvalue weighted by Gasteiger charge is -2.53. The highest BCUT2D eigenvalue weighted by Crippen LogP contribution is 2.48. The predicted molar refractivity (Wildman–Crippen MR) is 156 cm³/mol. The second-order valence-electron chi connectivity index (χ2n) is 12.2. The molecule has 1 heterocycles. The largest absolute Gasteiger partial charge is 0.462 e. The Labute approximate surface area is 233 Å². The molecule has 0 N–H and O–H groups in total. The van der Waals surface area contributed by atoms with Gasteiger partial charge < -0.3 is 18.6 Å². The number of carbonyl (C=O) groups excluding carboxylic acids is 1. The minimum Gasteiger partial charge on any atom is -0.462 e. The summed E-state index contributed by atoms with van der Waals surface area (Å²) in [7, 11) is -2.74. The van der Waals surface area contributed by atoms with Crippen LogP contribution in [0.4, 0.5) is 0 Å². The van der Waals surface area contributed by atoms with Crippen LogP contribution < -0.4 is 10.4 Å². The van der Waals surface area contributed by atoms with Gasteiger partial charge in [0.15, 0.2) is 5.79 Å². The number of ether oxygens (including phenoxy) is 3. The van der Waals surface area contributed by atoms with Crippen LogP contribution in [0.2, 0.25) is 5.04 Å². The van der Waals surface area contributed by atoms with E-state index in [-0.39, 0.29) is 35.1 Å².